The highest BCUT2D eigenvalue weighted by Gasteiger charge is 2.28. The van der Waals surface area contributed by atoms with Gasteiger partial charge in [0.05, 0.1) is 6.54 Å². The molecule has 2 rings (SSSR count). The molecule has 1 amide bonds. The molecule has 1 aliphatic rings. The van der Waals surface area contributed by atoms with Crippen LogP contribution in [0.25, 0.3) is 0 Å². The Labute approximate surface area is 142 Å². The zero-order chi connectivity index (χ0) is 16.1. The van der Waals surface area contributed by atoms with E-state index in [1.807, 2.05) is 37.9 Å². The fourth-order valence-electron chi connectivity index (χ4n) is 2.98. The number of rotatable bonds is 6. The van der Waals surface area contributed by atoms with Gasteiger partial charge >= 0.3 is 0 Å². The van der Waals surface area contributed by atoms with Crippen LogP contribution in [0.2, 0.25) is 5.02 Å². The number of thioether (sulfide) groups is 1. The van der Waals surface area contributed by atoms with Crippen LogP contribution < -0.4 is 5.32 Å². The van der Waals surface area contributed by atoms with Crippen LogP contribution >= 0.6 is 23.4 Å². The summed E-state index contributed by atoms with van der Waals surface area (Å²) in [5.74, 6) is 1.20. The lowest BCUT2D eigenvalue weighted by Crippen LogP contribution is -2.37. The minimum Gasteiger partial charge on any atom is -0.325 e. The number of nitrogens with zero attached hydrogens (tertiary/aromatic N) is 1. The van der Waals surface area contributed by atoms with Crippen molar-refractivity contribution in [2.45, 2.75) is 44.4 Å². The molecule has 5 heteroatoms. The second-order valence-corrected chi connectivity index (χ2v) is 7.98. The summed E-state index contributed by atoms with van der Waals surface area (Å²) in [4.78, 5) is 14.4. The van der Waals surface area contributed by atoms with Gasteiger partial charge in [0.15, 0.2) is 0 Å². The Morgan fingerprint density at radius 3 is 2.95 bits per heavy atom. The average molecular weight is 341 g/mol. The number of amides is 1. The van der Waals surface area contributed by atoms with E-state index < -0.39 is 0 Å². The number of anilines is 1. The fraction of sp³-hybridized carbons (Fsp3) is 0.588. The Balaban J connectivity index is 1.85. The van der Waals surface area contributed by atoms with Crippen LogP contribution in [0, 0.1) is 6.92 Å². The third-order valence-electron chi connectivity index (χ3n) is 4.25. The second-order valence-electron chi connectivity index (χ2n) is 5.97. The van der Waals surface area contributed by atoms with Crippen LogP contribution in [0.15, 0.2) is 18.2 Å². The van der Waals surface area contributed by atoms with E-state index in [0.29, 0.717) is 17.6 Å². The quantitative estimate of drug-likeness (QED) is 0.842. The number of aryl methyl sites for hydroxylation is 1. The Morgan fingerprint density at radius 1 is 1.45 bits per heavy atom. The SMILES string of the molecule is CCS[C@H]1CC[C@H](N(C)CC(=O)Nc2cc(Cl)ccc2C)C1. The molecule has 1 aromatic carbocycles. The zero-order valence-corrected chi connectivity index (χ0v) is 15.1. The van der Waals surface area contributed by atoms with E-state index >= 15 is 0 Å². The molecule has 0 unspecified atom stereocenters. The lowest BCUT2D eigenvalue weighted by atomic mass is 10.2. The number of hydrogen-bond acceptors (Lipinski definition) is 3. The van der Waals surface area contributed by atoms with E-state index in [0.717, 1.165) is 16.5 Å². The molecule has 22 heavy (non-hydrogen) atoms. The largest absolute Gasteiger partial charge is 0.325 e. The molecule has 0 saturated heterocycles. The lowest BCUT2D eigenvalue weighted by Gasteiger charge is -2.24. The maximum atomic E-state index is 12.2. The molecule has 1 aliphatic carbocycles. The highest BCUT2D eigenvalue weighted by atomic mass is 35.5. The van der Waals surface area contributed by atoms with E-state index in [1.165, 1.54) is 25.0 Å². The molecule has 1 saturated carbocycles. The van der Waals surface area contributed by atoms with E-state index in [9.17, 15) is 4.79 Å². The number of benzene rings is 1. The van der Waals surface area contributed by atoms with Gasteiger partial charge < -0.3 is 5.32 Å². The highest BCUT2D eigenvalue weighted by molar-refractivity contribution is 7.99. The summed E-state index contributed by atoms with van der Waals surface area (Å²) in [6, 6.07) is 6.09. The van der Waals surface area contributed by atoms with Crippen molar-refractivity contribution in [3.63, 3.8) is 0 Å². The predicted molar refractivity (Wildman–Crippen MR) is 97.0 cm³/mol. The smallest absolute Gasteiger partial charge is 0.238 e. The first kappa shape index (κ1) is 17.6. The summed E-state index contributed by atoms with van der Waals surface area (Å²) < 4.78 is 0. The maximum Gasteiger partial charge on any atom is 0.238 e. The second kappa shape index (κ2) is 8.23. The third-order valence-corrected chi connectivity index (χ3v) is 5.72. The van der Waals surface area contributed by atoms with Crippen LogP contribution in [-0.4, -0.2) is 41.4 Å². The van der Waals surface area contributed by atoms with Gasteiger partial charge in [0.1, 0.15) is 0 Å². The van der Waals surface area contributed by atoms with Gasteiger partial charge in [0.25, 0.3) is 0 Å². The minimum atomic E-state index is 0.0273. The first-order valence-electron chi connectivity index (χ1n) is 7.87. The van der Waals surface area contributed by atoms with Gasteiger partial charge in [-0.25, -0.2) is 0 Å². The molecule has 1 aromatic rings. The Kier molecular flexibility index (Phi) is 6.60. The van der Waals surface area contributed by atoms with Crippen molar-refractivity contribution in [3.8, 4) is 0 Å². The maximum absolute atomic E-state index is 12.2. The van der Waals surface area contributed by atoms with Gasteiger partial charge in [0, 0.05) is 22.0 Å². The Bertz CT molecular complexity index is 523. The van der Waals surface area contributed by atoms with Crippen LogP contribution in [0.5, 0.6) is 0 Å². The van der Waals surface area contributed by atoms with Crippen LogP contribution in [-0.2, 0) is 4.79 Å². The van der Waals surface area contributed by atoms with Crippen molar-refractivity contribution in [1.29, 1.82) is 0 Å². The standard InChI is InChI=1S/C17H25ClN2OS/c1-4-22-15-8-7-14(10-15)20(3)11-17(21)19-16-9-13(18)6-5-12(16)2/h5-6,9,14-15H,4,7-8,10-11H2,1-3H3,(H,19,21)/t14-,15-/m0/s1. The molecule has 3 nitrogen and oxygen atoms in total. The van der Waals surface area contributed by atoms with Gasteiger partial charge in [-0.1, -0.05) is 24.6 Å². The Morgan fingerprint density at radius 2 is 2.23 bits per heavy atom. The average Bonchev–Trinajstić information content (AvgIpc) is 2.92. The number of halogens is 1. The van der Waals surface area contributed by atoms with Gasteiger partial charge in [-0.15, -0.1) is 0 Å². The fourth-order valence-corrected chi connectivity index (χ4v) is 4.28. The summed E-state index contributed by atoms with van der Waals surface area (Å²) in [5, 5.41) is 4.37. The van der Waals surface area contributed by atoms with E-state index in [4.69, 9.17) is 11.6 Å². The van der Waals surface area contributed by atoms with Crippen LogP contribution in [0.4, 0.5) is 5.69 Å². The number of likely N-dealkylation sites (N-methyl/N-ethyl adjacent to an activating group) is 1. The number of hydrogen-bond donors (Lipinski definition) is 1. The van der Waals surface area contributed by atoms with Crippen molar-refractivity contribution in [1.82, 2.24) is 4.90 Å². The highest BCUT2D eigenvalue weighted by Crippen LogP contribution is 2.32. The van der Waals surface area contributed by atoms with Crippen LogP contribution in [0.3, 0.4) is 0 Å². The number of carbonyl (C=O) groups excluding carboxylic acids is 1. The predicted octanol–water partition coefficient (Wildman–Crippen LogP) is 4.19. The molecule has 0 aliphatic heterocycles. The molecule has 0 radical (unpaired) electrons. The summed E-state index contributed by atoms with van der Waals surface area (Å²) in [6.07, 6.45) is 3.65. The molecule has 0 bridgehead atoms. The van der Waals surface area contributed by atoms with E-state index in [1.54, 1.807) is 6.07 Å². The summed E-state index contributed by atoms with van der Waals surface area (Å²) in [6.45, 7) is 4.61. The topological polar surface area (TPSA) is 32.3 Å². The van der Waals surface area contributed by atoms with Crippen LogP contribution in [0.1, 0.15) is 31.7 Å². The third kappa shape index (κ3) is 4.90. The van der Waals surface area contributed by atoms with E-state index in [2.05, 4.69) is 17.1 Å². The van der Waals surface area contributed by atoms with Crippen molar-refractivity contribution >= 4 is 35.0 Å². The summed E-state index contributed by atoms with van der Waals surface area (Å²) in [7, 11) is 2.05. The van der Waals surface area contributed by atoms with E-state index in [-0.39, 0.29) is 5.91 Å². The lowest BCUT2D eigenvalue weighted by molar-refractivity contribution is -0.117. The summed E-state index contributed by atoms with van der Waals surface area (Å²) in [5.41, 5.74) is 1.83. The molecule has 0 spiro atoms. The molecule has 0 aromatic heterocycles. The first-order valence-corrected chi connectivity index (χ1v) is 9.30. The molecule has 1 fully saturated rings. The van der Waals surface area contributed by atoms with Gasteiger partial charge in [0.2, 0.25) is 5.91 Å². The number of carbonyl (C=O) groups is 1. The molecule has 122 valence electrons. The normalized spacial score (nSPS) is 21.3. The van der Waals surface area contributed by atoms with Crippen molar-refractivity contribution in [2.24, 2.45) is 0 Å². The van der Waals surface area contributed by atoms with Crippen molar-refractivity contribution < 1.29 is 4.79 Å². The Hall–Kier alpha value is -0.710. The number of nitrogens with one attached hydrogen (secondary N) is 1. The molecule has 1 N–H and O–H groups in total. The molecular weight excluding hydrogens is 316 g/mol. The molecular formula is C17H25ClN2OS. The van der Waals surface area contributed by atoms with Crippen molar-refractivity contribution in [2.75, 3.05) is 24.7 Å². The summed E-state index contributed by atoms with van der Waals surface area (Å²) >= 11 is 8.03. The first-order chi connectivity index (χ1) is 10.5. The molecule has 0 heterocycles. The van der Waals surface area contributed by atoms with Crippen molar-refractivity contribution in [3.05, 3.63) is 28.8 Å². The van der Waals surface area contributed by atoms with Gasteiger partial charge in [-0.2, -0.15) is 11.8 Å². The van der Waals surface area contributed by atoms with Gasteiger partial charge in [-0.3, -0.25) is 9.69 Å². The minimum absolute atomic E-state index is 0.0273. The van der Waals surface area contributed by atoms with Gasteiger partial charge in [-0.05, 0) is 56.7 Å². The monoisotopic (exact) mass is 340 g/mol. The molecule has 2 atom stereocenters. The zero-order valence-electron chi connectivity index (χ0n) is 13.6.